The maximum absolute atomic E-state index is 12.8. The van der Waals surface area contributed by atoms with Crippen LogP contribution < -0.4 is 4.74 Å². The lowest BCUT2D eigenvalue weighted by molar-refractivity contribution is -0.130. The Kier molecular flexibility index (Phi) is 6.32. The fraction of sp³-hybridized carbons (Fsp3) is 0.423. The molecule has 0 bridgehead atoms. The number of phenolic OH excluding ortho intramolecular Hbond substituents is 1. The highest BCUT2D eigenvalue weighted by molar-refractivity contribution is 5.90. The molecule has 0 heterocycles. The van der Waals surface area contributed by atoms with Crippen LogP contribution in [0.1, 0.15) is 69.4 Å². The van der Waals surface area contributed by atoms with Crippen LogP contribution in [0, 0.1) is 13.8 Å². The zero-order valence-corrected chi connectivity index (χ0v) is 19.1. The van der Waals surface area contributed by atoms with Crippen LogP contribution >= 0.6 is 0 Å². The van der Waals surface area contributed by atoms with Crippen LogP contribution in [0.4, 0.5) is 0 Å². The van der Waals surface area contributed by atoms with Gasteiger partial charge in [0.2, 0.25) is 0 Å². The number of carbonyl (C=O) groups excluding carboxylic acids is 1. The summed E-state index contributed by atoms with van der Waals surface area (Å²) in [6.45, 7) is 20.4. The van der Waals surface area contributed by atoms with Crippen molar-refractivity contribution in [3.63, 3.8) is 0 Å². The minimum Gasteiger partial charge on any atom is -0.507 e. The number of rotatable bonds is 4. The number of aromatic hydroxyl groups is 1. The Balaban J connectivity index is 2.28. The number of carbonyl (C=O) groups is 1. The smallest absolute Gasteiger partial charge is 0.339 e. The summed E-state index contributed by atoms with van der Waals surface area (Å²) in [4.78, 5) is 12.8. The third-order valence-electron chi connectivity index (χ3n) is 4.98. The monoisotopic (exact) mass is 394 g/mol. The van der Waals surface area contributed by atoms with Crippen molar-refractivity contribution in [1.29, 1.82) is 0 Å². The van der Waals surface area contributed by atoms with E-state index in [1.54, 1.807) is 0 Å². The molecule has 0 atom stereocenters. The minimum absolute atomic E-state index is 0.153. The lowest BCUT2D eigenvalue weighted by Crippen LogP contribution is -2.18. The molecule has 0 spiro atoms. The molecule has 0 aliphatic rings. The van der Waals surface area contributed by atoms with Crippen LogP contribution in [0.5, 0.6) is 11.5 Å². The predicted octanol–water partition coefficient (Wildman–Crippen LogP) is 6.31. The molecule has 3 heteroatoms. The Labute approximate surface area is 175 Å². The van der Waals surface area contributed by atoms with E-state index >= 15 is 0 Å². The lowest BCUT2D eigenvalue weighted by atomic mass is 9.83. The maximum atomic E-state index is 12.8. The van der Waals surface area contributed by atoms with Gasteiger partial charge in [-0.05, 0) is 41.9 Å². The van der Waals surface area contributed by atoms with Crippen molar-refractivity contribution in [2.45, 2.75) is 72.6 Å². The third-order valence-corrected chi connectivity index (χ3v) is 4.98. The van der Waals surface area contributed by atoms with E-state index in [-0.39, 0.29) is 23.0 Å². The van der Waals surface area contributed by atoms with Gasteiger partial charge in [0.25, 0.3) is 0 Å². The van der Waals surface area contributed by atoms with Crippen molar-refractivity contribution in [3.05, 3.63) is 70.3 Å². The Morgan fingerprint density at radius 1 is 0.931 bits per heavy atom. The standard InChI is InChI=1S/C26H34O3/c1-16-10-11-22(20(13-16)25(4,5)6)29-24(28)18(3)15-19-12-17(2)14-21(23(19)27)26(7,8)9/h10-14,27H,3,15H2,1-2,4-9H3. The fourth-order valence-corrected chi connectivity index (χ4v) is 3.35. The first-order valence-corrected chi connectivity index (χ1v) is 10.0. The molecule has 0 aliphatic heterocycles. The second kappa shape index (κ2) is 8.06. The molecule has 0 fully saturated rings. The van der Waals surface area contributed by atoms with Crippen LogP contribution in [0.3, 0.4) is 0 Å². The summed E-state index contributed by atoms with van der Waals surface area (Å²) in [7, 11) is 0. The van der Waals surface area contributed by atoms with E-state index < -0.39 is 5.97 Å². The van der Waals surface area contributed by atoms with E-state index in [4.69, 9.17) is 4.74 Å². The van der Waals surface area contributed by atoms with E-state index in [1.807, 2.05) is 44.2 Å². The zero-order valence-electron chi connectivity index (χ0n) is 19.1. The van der Waals surface area contributed by atoms with Gasteiger partial charge in [-0.15, -0.1) is 0 Å². The molecule has 0 amide bonds. The Morgan fingerprint density at radius 2 is 1.48 bits per heavy atom. The first-order chi connectivity index (χ1) is 13.2. The summed E-state index contributed by atoms with van der Waals surface area (Å²) >= 11 is 0. The molecular weight excluding hydrogens is 360 g/mol. The molecule has 0 unspecified atom stereocenters. The quantitative estimate of drug-likeness (QED) is 0.375. The number of hydrogen-bond acceptors (Lipinski definition) is 3. The van der Waals surface area contributed by atoms with Crippen LogP contribution in [0.15, 0.2) is 42.5 Å². The first kappa shape index (κ1) is 22.7. The zero-order chi connectivity index (χ0) is 22.1. The van der Waals surface area contributed by atoms with E-state index in [9.17, 15) is 9.90 Å². The summed E-state index contributed by atoms with van der Waals surface area (Å²) in [6.07, 6.45) is 0.242. The minimum atomic E-state index is -0.474. The van der Waals surface area contributed by atoms with Gasteiger partial charge in [0, 0.05) is 17.6 Å². The largest absolute Gasteiger partial charge is 0.507 e. The van der Waals surface area contributed by atoms with Crippen LogP contribution in [-0.2, 0) is 22.0 Å². The van der Waals surface area contributed by atoms with Gasteiger partial charge in [-0.1, -0.05) is 83.5 Å². The summed E-state index contributed by atoms with van der Waals surface area (Å²) in [6, 6.07) is 9.70. The second-order valence-electron chi connectivity index (χ2n) is 9.99. The van der Waals surface area contributed by atoms with Crippen molar-refractivity contribution < 1.29 is 14.6 Å². The average molecular weight is 395 g/mol. The molecule has 0 aliphatic carbocycles. The number of ether oxygens (including phenoxy) is 1. The maximum Gasteiger partial charge on any atom is 0.339 e. The summed E-state index contributed by atoms with van der Waals surface area (Å²) in [5.74, 6) is 0.304. The van der Waals surface area contributed by atoms with Crippen LogP contribution in [-0.4, -0.2) is 11.1 Å². The van der Waals surface area contributed by atoms with Crippen molar-refractivity contribution in [3.8, 4) is 11.5 Å². The van der Waals surface area contributed by atoms with Crippen LogP contribution in [0.25, 0.3) is 0 Å². The van der Waals surface area contributed by atoms with Crippen LogP contribution in [0.2, 0.25) is 0 Å². The molecule has 2 aromatic rings. The normalized spacial score (nSPS) is 12.0. The predicted molar refractivity (Wildman–Crippen MR) is 120 cm³/mol. The number of esters is 1. The second-order valence-corrected chi connectivity index (χ2v) is 9.99. The molecule has 3 nitrogen and oxygen atoms in total. The molecule has 0 saturated carbocycles. The van der Waals surface area contributed by atoms with Crippen molar-refractivity contribution in [2.75, 3.05) is 0 Å². The van der Waals surface area contributed by atoms with E-state index in [0.29, 0.717) is 16.9 Å². The highest BCUT2D eigenvalue weighted by atomic mass is 16.5. The number of phenols is 1. The van der Waals surface area contributed by atoms with E-state index in [1.165, 1.54) is 0 Å². The fourth-order valence-electron chi connectivity index (χ4n) is 3.35. The van der Waals surface area contributed by atoms with Gasteiger partial charge < -0.3 is 9.84 Å². The summed E-state index contributed by atoms with van der Waals surface area (Å²) in [5.41, 5.74) is 4.65. The van der Waals surface area contributed by atoms with Gasteiger partial charge in [0.05, 0.1) is 0 Å². The average Bonchev–Trinajstić information content (AvgIpc) is 2.57. The summed E-state index contributed by atoms with van der Waals surface area (Å²) in [5, 5.41) is 10.8. The Morgan fingerprint density at radius 3 is 2.03 bits per heavy atom. The number of aryl methyl sites for hydroxylation is 2. The van der Waals surface area contributed by atoms with Gasteiger partial charge >= 0.3 is 5.97 Å². The molecule has 0 radical (unpaired) electrons. The van der Waals surface area contributed by atoms with Crippen molar-refractivity contribution in [1.82, 2.24) is 0 Å². The van der Waals surface area contributed by atoms with E-state index in [2.05, 4.69) is 48.1 Å². The van der Waals surface area contributed by atoms with Gasteiger partial charge in [0.1, 0.15) is 11.5 Å². The number of benzene rings is 2. The van der Waals surface area contributed by atoms with Gasteiger partial charge in [-0.3, -0.25) is 0 Å². The van der Waals surface area contributed by atoms with Gasteiger partial charge in [-0.2, -0.15) is 0 Å². The van der Waals surface area contributed by atoms with E-state index in [0.717, 1.165) is 22.3 Å². The SMILES string of the molecule is C=C(Cc1cc(C)cc(C(C)(C)C)c1O)C(=O)Oc1ccc(C)cc1C(C)(C)C. The highest BCUT2D eigenvalue weighted by Gasteiger charge is 2.24. The Hall–Kier alpha value is -2.55. The van der Waals surface area contributed by atoms with Gasteiger partial charge in [0.15, 0.2) is 0 Å². The molecule has 2 aromatic carbocycles. The molecule has 29 heavy (non-hydrogen) atoms. The lowest BCUT2D eigenvalue weighted by Gasteiger charge is -2.24. The molecule has 2 rings (SSSR count). The molecule has 156 valence electrons. The molecular formula is C26H34O3. The topological polar surface area (TPSA) is 46.5 Å². The van der Waals surface area contributed by atoms with Gasteiger partial charge in [-0.25, -0.2) is 4.79 Å². The molecule has 1 N–H and O–H groups in total. The third kappa shape index (κ3) is 5.50. The molecule has 0 aromatic heterocycles. The Bertz CT molecular complexity index is 938. The highest BCUT2D eigenvalue weighted by Crippen LogP contribution is 2.36. The number of hydrogen-bond donors (Lipinski definition) is 1. The molecule has 0 saturated heterocycles. The first-order valence-electron chi connectivity index (χ1n) is 10.0. The van der Waals surface area contributed by atoms with Crippen molar-refractivity contribution in [2.24, 2.45) is 0 Å². The van der Waals surface area contributed by atoms with Crippen molar-refractivity contribution >= 4 is 5.97 Å². The summed E-state index contributed by atoms with van der Waals surface area (Å²) < 4.78 is 5.71.